The van der Waals surface area contributed by atoms with E-state index in [1.54, 1.807) is 20.0 Å². The molecule has 1 aromatic heterocycles. The van der Waals surface area contributed by atoms with Crippen molar-refractivity contribution in [3.63, 3.8) is 0 Å². The monoisotopic (exact) mass is 207 g/mol. The van der Waals surface area contributed by atoms with Crippen LogP contribution in [0, 0.1) is 12.7 Å². The zero-order chi connectivity index (χ0) is 10.8. The quantitative estimate of drug-likeness (QED) is 0.820. The van der Waals surface area contributed by atoms with Crippen molar-refractivity contribution in [1.82, 2.24) is 10.1 Å². The van der Waals surface area contributed by atoms with Gasteiger partial charge in [-0.05, 0) is 30.7 Å². The van der Waals surface area contributed by atoms with Crippen molar-refractivity contribution in [1.29, 1.82) is 0 Å². The van der Waals surface area contributed by atoms with E-state index in [-0.39, 0.29) is 5.82 Å². The van der Waals surface area contributed by atoms with Gasteiger partial charge in [-0.15, -0.1) is 0 Å². The molecule has 1 heterocycles. The smallest absolute Gasteiger partial charge is 0.321 e. The highest BCUT2D eigenvalue weighted by Gasteiger charge is 2.09. The van der Waals surface area contributed by atoms with Gasteiger partial charge >= 0.3 is 6.01 Å². The Balaban J connectivity index is 2.44. The van der Waals surface area contributed by atoms with Crippen molar-refractivity contribution in [2.75, 3.05) is 12.4 Å². The first-order valence-electron chi connectivity index (χ1n) is 4.48. The zero-order valence-electron chi connectivity index (χ0n) is 8.41. The van der Waals surface area contributed by atoms with E-state index in [9.17, 15) is 4.39 Å². The zero-order valence-corrected chi connectivity index (χ0v) is 8.41. The standard InChI is InChI=1S/C10H10FN3O/c1-6-5-7(11)3-4-8(6)9-13-10(12-2)15-14-9/h3-5H,1-2H3,(H,12,13,14). The fourth-order valence-corrected chi connectivity index (χ4v) is 1.31. The molecule has 0 aliphatic rings. The number of anilines is 1. The predicted molar refractivity (Wildman–Crippen MR) is 54.0 cm³/mol. The maximum atomic E-state index is 12.9. The first-order chi connectivity index (χ1) is 7.20. The Morgan fingerprint density at radius 2 is 2.20 bits per heavy atom. The van der Waals surface area contributed by atoms with Crippen molar-refractivity contribution < 1.29 is 8.91 Å². The molecule has 2 aromatic rings. The van der Waals surface area contributed by atoms with Gasteiger partial charge in [-0.25, -0.2) is 4.39 Å². The fourth-order valence-electron chi connectivity index (χ4n) is 1.31. The number of nitrogens with zero attached hydrogens (tertiary/aromatic N) is 2. The molecule has 1 N–H and O–H groups in total. The summed E-state index contributed by atoms with van der Waals surface area (Å²) in [5, 5.41) is 6.51. The van der Waals surface area contributed by atoms with E-state index >= 15 is 0 Å². The van der Waals surface area contributed by atoms with E-state index in [1.807, 2.05) is 0 Å². The van der Waals surface area contributed by atoms with Gasteiger partial charge in [0.2, 0.25) is 5.82 Å². The molecule has 2 rings (SSSR count). The molecule has 1 aromatic carbocycles. The third-order valence-corrected chi connectivity index (χ3v) is 2.07. The third-order valence-electron chi connectivity index (χ3n) is 2.07. The summed E-state index contributed by atoms with van der Waals surface area (Å²) in [7, 11) is 1.69. The van der Waals surface area contributed by atoms with Crippen LogP contribution in [0.3, 0.4) is 0 Å². The van der Waals surface area contributed by atoms with Crippen molar-refractivity contribution in [2.45, 2.75) is 6.92 Å². The minimum Gasteiger partial charge on any atom is -0.341 e. The average Bonchev–Trinajstić information content (AvgIpc) is 2.66. The summed E-state index contributed by atoms with van der Waals surface area (Å²) in [6, 6.07) is 4.78. The number of rotatable bonds is 2. The minimum absolute atomic E-state index is 0.270. The van der Waals surface area contributed by atoms with Gasteiger partial charge in [0.25, 0.3) is 0 Å². The SMILES string of the molecule is CNc1nc(-c2ccc(F)cc2C)no1. The molecule has 0 aliphatic carbocycles. The molecule has 15 heavy (non-hydrogen) atoms. The molecular formula is C10H10FN3O. The minimum atomic E-state index is -0.270. The van der Waals surface area contributed by atoms with Crippen LogP contribution in [0.2, 0.25) is 0 Å². The number of aryl methyl sites for hydroxylation is 1. The highest BCUT2D eigenvalue weighted by molar-refractivity contribution is 5.60. The van der Waals surface area contributed by atoms with Crippen molar-refractivity contribution in [2.24, 2.45) is 0 Å². The topological polar surface area (TPSA) is 51.0 Å². The number of hydrogen-bond acceptors (Lipinski definition) is 4. The maximum absolute atomic E-state index is 12.9. The number of benzene rings is 1. The van der Waals surface area contributed by atoms with Gasteiger partial charge < -0.3 is 9.84 Å². The van der Waals surface area contributed by atoms with Crippen LogP contribution in [0.5, 0.6) is 0 Å². The summed E-state index contributed by atoms with van der Waals surface area (Å²) >= 11 is 0. The normalized spacial score (nSPS) is 10.3. The molecule has 0 saturated carbocycles. The molecule has 0 bridgehead atoms. The predicted octanol–water partition coefficient (Wildman–Crippen LogP) is 2.23. The molecular weight excluding hydrogens is 197 g/mol. The van der Waals surface area contributed by atoms with Crippen LogP contribution in [0.25, 0.3) is 11.4 Å². The maximum Gasteiger partial charge on any atom is 0.321 e. The molecule has 0 atom stereocenters. The Hall–Kier alpha value is -1.91. The second-order valence-electron chi connectivity index (χ2n) is 3.13. The molecule has 0 unspecified atom stereocenters. The molecule has 0 aliphatic heterocycles. The highest BCUT2D eigenvalue weighted by atomic mass is 19.1. The lowest BCUT2D eigenvalue weighted by atomic mass is 10.1. The van der Waals surface area contributed by atoms with E-state index in [4.69, 9.17) is 4.52 Å². The summed E-state index contributed by atoms with van der Waals surface area (Å²) in [6.07, 6.45) is 0. The van der Waals surface area contributed by atoms with E-state index in [0.29, 0.717) is 11.8 Å². The van der Waals surface area contributed by atoms with Gasteiger partial charge in [-0.3, -0.25) is 0 Å². The Morgan fingerprint density at radius 3 is 2.80 bits per heavy atom. The van der Waals surface area contributed by atoms with Crippen LogP contribution in [-0.2, 0) is 0 Å². The highest BCUT2D eigenvalue weighted by Crippen LogP contribution is 2.21. The summed E-state index contributed by atoms with van der Waals surface area (Å²) in [5.74, 6) is 0.186. The number of halogens is 1. The summed E-state index contributed by atoms with van der Waals surface area (Å²) in [6.45, 7) is 1.80. The molecule has 78 valence electrons. The van der Waals surface area contributed by atoms with Gasteiger partial charge in [0.15, 0.2) is 0 Å². The number of nitrogens with one attached hydrogen (secondary N) is 1. The van der Waals surface area contributed by atoms with Gasteiger partial charge in [0, 0.05) is 12.6 Å². The van der Waals surface area contributed by atoms with E-state index < -0.39 is 0 Å². The Bertz CT molecular complexity index is 481. The van der Waals surface area contributed by atoms with Gasteiger partial charge in [0.1, 0.15) is 5.82 Å². The lowest BCUT2D eigenvalue weighted by Crippen LogP contribution is -1.89. The van der Waals surface area contributed by atoms with E-state index in [2.05, 4.69) is 15.5 Å². The second kappa shape index (κ2) is 3.68. The van der Waals surface area contributed by atoms with Crippen LogP contribution in [0.1, 0.15) is 5.56 Å². The second-order valence-corrected chi connectivity index (χ2v) is 3.13. The molecule has 0 spiro atoms. The van der Waals surface area contributed by atoms with E-state index in [1.165, 1.54) is 12.1 Å². The van der Waals surface area contributed by atoms with Crippen LogP contribution in [0.4, 0.5) is 10.4 Å². The average molecular weight is 207 g/mol. The van der Waals surface area contributed by atoms with Crippen molar-refractivity contribution in [3.05, 3.63) is 29.6 Å². The summed E-state index contributed by atoms with van der Waals surface area (Å²) in [5.41, 5.74) is 1.54. The molecule has 0 fully saturated rings. The fraction of sp³-hybridized carbons (Fsp3) is 0.200. The largest absolute Gasteiger partial charge is 0.341 e. The molecule has 0 saturated heterocycles. The molecule has 5 heteroatoms. The molecule has 0 amide bonds. The van der Waals surface area contributed by atoms with Gasteiger partial charge in [0.05, 0.1) is 0 Å². The lowest BCUT2D eigenvalue weighted by Gasteiger charge is -1.99. The number of hydrogen-bond donors (Lipinski definition) is 1. The first-order valence-corrected chi connectivity index (χ1v) is 4.48. The third kappa shape index (κ3) is 1.81. The summed E-state index contributed by atoms with van der Waals surface area (Å²) in [4.78, 5) is 4.08. The Kier molecular flexibility index (Phi) is 2.37. The molecule has 0 radical (unpaired) electrons. The molecule has 4 nitrogen and oxygen atoms in total. The Morgan fingerprint density at radius 1 is 1.40 bits per heavy atom. The van der Waals surface area contributed by atoms with E-state index in [0.717, 1.165) is 11.1 Å². The van der Waals surface area contributed by atoms with Gasteiger partial charge in [-0.1, -0.05) is 5.16 Å². The van der Waals surface area contributed by atoms with Crippen LogP contribution in [0.15, 0.2) is 22.7 Å². The van der Waals surface area contributed by atoms with Crippen molar-refractivity contribution >= 4 is 6.01 Å². The van der Waals surface area contributed by atoms with Crippen molar-refractivity contribution in [3.8, 4) is 11.4 Å². The van der Waals surface area contributed by atoms with Crippen LogP contribution >= 0.6 is 0 Å². The lowest BCUT2D eigenvalue weighted by molar-refractivity contribution is 0.434. The summed E-state index contributed by atoms with van der Waals surface area (Å²) < 4.78 is 17.7. The van der Waals surface area contributed by atoms with Crippen LogP contribution in [-0.4, -0.2) is 17.2 Å². The van der Waals surface area contributed by atoms with Crippen LogP contribution < -0.4 is 5.32 Å². The Labute approximate surface area is 86.1 Å². The number of aromatic nitrogens is 2. The first kappa shape index (κ1) is 9.64. The van der Waals surface area contributed by atoms with Gasteiger partial charge in [-0.2, -0.15) is 4.98 Å².